The van der Waals surface area contributed by atoms with Crippen LogP contribution in [0.3, 0.4) is 0 Å². The highest BCUT2D eigenvalue weighted by molar-refractivity contribution is 5.69. The molecule has 1 N–H and O–H groups in total. The summed E-state index contributed by atoms with van der Waals surface area (Å²) < 4.78 is 75.3. The Morgan fingerprint density at radius 2 is 1.06 bits per heavy atom. The van der Waals surface area contributed by atoms with Gasteiger partial charge in [-0.1, -0.05) is 0 Å². The molecule has 2 aromatic carbocycles. The van der Waals surface area contributed by atoms with E-state index in [-0.39, 0.29) is 22.9 Å². The van der Waals surface area contributed by atoms with Crippen molar-refractivity contribution in [2.24, 2.45) is 0 Å². The summed E-state index contributed by atoms with van der Waals surface area (Å²) in [6.45, 7) is 15.4. The van der Waals surface area contributed by atoms with Crippen molar-refractivity contribution in [1.29, 1.82) is 10.5 Å². The lowest BCUT2D eigenvalue weighted by Crippen LogP contribution is -2.50. The van der Waals surface area contributed by atoms with Gasteiger partial charge in [0.25, 0.3) is 0 Å². The van der Waals surface area contributed by atoms with E-state index in [0.29, 0.717) is 38.3 Å². The maximum atomic E-state index is 14.0. The summed E-state index contributed by atoms with van der Waals surface area (Å²) in [5, 5.41) is 20.4. The molecule has 4 rings (SSSR count). The summed E-state index contributed by atoms with van der Waals surface area (Å²) in [6, 6.07) is 6.20. The zero-order chi connectivity index (χ0) is 35.5. The predicted molar refractivity (Wildman–Crippen MR) is 163 cm³/mol. The molecule has 0 aromatic heterocycles. The van der Waals surface area contributed by atoms with Crippen molar-refractivity contribution in [1.82, 2.24) is 15.1 Å². The quantitative estimate of drug-likeness (QED) is 0.304. The van der Waals surface area contributed by atoms with Gasteiger partial charge in [-0.25, -0.2) is 31.5 Å². The third-order valence-corrected chi connectivity index (χ3v) is 6.36. The number of anilines is 1. The average Bonchev–Trinajstić information content (AvgIpc) is 3.00. The number of hydrogen-bond acceptors (Lipinski definition) is 8. The van der Waals surface area contributed by atoms with Gasteiger partial charge in [0.1, 0.15) is 51.9 Å². The number of nitriles is 2. The summed E-state index contributed by atoms with van der Waals surface area (Å²) in [4.78, 5) is 28.3. The maximum absolute atomic E-state index is 14.0. The Morgan fingerprint density at radius 1 is 0.660 bits per heavy atom. The molecule has 10 nitrogen and oxygen atoms in total. The second-order valence-corrected chi connectivity index (χ2v) is 12.4. The second-order valence-electron chi connectivity index (χ2n) is 12.4. The smallest absolute Gasteiger partial charge is 0.410 e. The highest BCUT2D eigenvalue weighted by atomic mass is 19.2. The van der Waals surface area contributed by atoms with Crippen LogP contribution in [-0.2, 0) is 9.47 Å². The van der Waals surface area contributed by atoms with E-state index in [4.69, 9.17) is 20.0 Å². The first-order valence-electron chi connectivity index (χ1n) is 14.7. The Hall–Kier alpha value is -4.63. The van der Waals surface area contributed by atoms with Gasteiger partial charge in [-0.05, 0) is 65.8 Å². The summed E-state index contributed by atoms with van der Waals surface area (Å²) >= 11 is 0. The molecule has 2 amide bonds. The van der Waals surface area contributed by atoms with Crippen molar-refractivity contribution < 1.29 is 41.0 Å². The normalized spacial score (nSPS) is 14.8. The van der Waals surface area contributed by atoms with Crippen LogP contribution in [0.15, 0.2) is 24.3 Å². The minimum Gasteiger partial charge on any atom is -0.444 e. The molecule has 0 unspecified atom stereocenters. The molecule has 0 spiro atoms. The lowest BCUT2D eigenvalue weighted by atomic mass is 10.1. The number of nitrogens with zero attached hydrogens (tertiary/aromatic N) is 5. The van der Waals surface area contributed by atoms with E-state index in [1.54, 1.807) is 36.6 Å². The number of amides is 2. The first kappa shape index (κ1) is 38.6. The van der Waals surface area contributed by atoms with Crippen LogP contribution < -0.4 is 10.2 Å². The SMILES string of the molecule is CC(C)(C)OC(=O)N1CCN(c2c(F)ccc(F)c2C#N)CC1.CC(C)(C)OC(=O)N1CCNCC1.N#Cc1c(F)ccc(F)c1F. The molecule has 0 saturated carbocycles. The second kappa shape index (κ2) is 16.8. The van der Waals surface area contributed by atoms with E-state index in [2.05, 4.69) is 5.32 Å². The van der Waals surface area contributed by atoms with Gasteiger partial charge in [-0.15, -0.1) is 0 Å². The fraction of sp³-hybridized carbons (Fsp3) is 0.500. The number of carbonyl (C=O) groups excluding carboxylic acids is 2. The van der Waals surface area contributed by atoms with E-state index in [1.807, 2.05) is 20.8 Å². The Morgan fingerprint density at radius 3 is 1.49 bits per heavy atom. The van der Waals surface area contributed by atoms with E-state index >= 15 is 0 Å². The molecule has 0 aliphatic carbocycles. The highest BCUT2D eigenvalue weighted by Crippen LogP contribution is 2.27. The van der Waals surface area contributed by atoms with Crippen LogP contribution in [-0.4, -0.2) is 85.5 Å². The maximum Gasteiger partial charge on any atom is 0.410 e. The molecule has 2 aromatic rings. The first-order valence-corrected chi connectivity index (χ1v) is 14.7. The highest BCUT2D eigenvalue weighted by Gasteiger charge is 2.29. The number of piperazine rings is 2. The molecule has 0 radical (unpaired) electrons. The molecule has 2 aliphatic heterocycles. The van der Waals surface area contributed by atoms with Crippen molar-refractivity contribution in [3.8, 4) is 12.1 Å². The number of rotatable bonds is 1. The molecule has 15 heteroatoms. The third-order valence-electron chi connectivity index (χ3n) is 6.36. The number of benzene rings is 2. The van der Waals surface area contributed by atoms with Crippen LogP contribution in [0.1, 0.15) is 52.7 Å². The number of halogens is 5. The Balaban J connectivity index is 0.000000270. The van der Waals surface area contributed by atoms with Gasteiger partial charge < -0.3 is 29.5 Å². The lowest BCUT2D eigenvalue weighted by molar-refractivity contribution is 0.0223. The molecule has 2 aliphatic rings. The summed E-state index contributed by atoms with van der Waals surface area (Å²) in [7, 11) is 0. The zero-order valence-corrected chi connectivity index (χ0v) is 27.2. The van der Waals surface area contributed by atoms with Crippen molar-refractivity contribution in [3.05, 3.63) is 64.5 Å². The van der Waals surface area contributed by atoms with Crippen LogP contribution in [0.5, 0.6) is 0 Å². The number of hydrogen-bond donors (Lipinski definition) is 1. The third kappa shape index (κ3) is 11.9. The molecule has 2 fully saturated rings. The van der Waals surface area contributed by atoms with Crippen molar-refractivity contribution in [2.75, 3.05) is 57.3 Å². The van der Waals surface area contributed by atoms with E-state index < -0.39 is 46.3 Å². The first-order chi connectivity index (χ1) is 21.9. The minimum absolute atomic E-state index is 0.0451. The standard InChI is InChI=1S/C16H19F2N3O2.C9H18N2O2.C7H2F3N/c1-16(2,3)23-15(22)21-8-6-20(7-9-21)14-11(10-19)12(17)4-5-13(14)18;1-9(2,3)13-8(12)11-6-4-10-5-7-11;8-5-1-2-6(9)7(10)4(5)3-11/h4-5H,6-9H2,1-3H3;10H,4-7H2,1-3H3;1-2H. The van der Waals surface area contributed by atoms with Gasteiger partial charge in [0.2, 0.25) is 0 Å². The monoisotopic (exact) mass is 666 g/mol. The molecule has 256 valence electrons. The van der Waals surface area contributed by atoms with Crippen LogP contribution in [0.4, 0.5) is 37.2 Å². The molecular formula is C32H39F5N6O4. The van der Waals surface area contributed by atoms with Crippen LogP contribution in [0.2, 0.25) is 0 Å². The lowest BCUT2D eigenvalue weighted by Gasteiger charge is -2.37. The van der Waals surface area contributed by atoms with E-state index in [9.17, 15) is 31.5 Å². The molecule has 2 heterocycles. The molecule has 0 atom stereocenters. The van der Waals surface area contributed by atoms with Crippen LogP contribution >= 0.6 is 0 Å². The Labute approximate surface area is 271 Å². The van der Waals surface area contributed by atoms with Gasteiger partial charge >= 0.3 is 12.2 Å². The number of ether oxygens (including phenoxy) is 2. The fourth-order valence-corrected chi connectivity index (χ4v) is 4.20. The average molecular weight is 667 g/mol. The van der Waals surface area contributed by atoms with Gasteiger partial charge in [-0.2, -0.15) is 10.5 Å². The Bertz CT molecular complexity index is 1480. The molecule has 2 saturated heterocycles. The zero-order valence-electron chi connectivity index (χ0n) is 27.2. The number of carbonyl (C=O) groups is 2. The van der Waals surface area contributed by atoms with Crippen LogP contribution in [0.25, 0.3) is 0 Å². The Kier molecular flexibility index (Phi) is 13.8. The van der Waals surface area contributed by atoms with Crippen molar-refractivity contribution >= 4 is 17.9 Å². The molecule has 47 heavy (non-hydrogen) atoms. The number of nitrogens with one attached hydrogen (secondary N) is 1. The summed E-state index contributed by atoms with van der Waals surface area (Å²) in [5.41, 5.74) is -2.21. The molecule has 0 bridgehead atoms. The van der Waals surface area contributed by atoms with Crippen LogP contribution in [0, 0.1) is 51.7 Å². The fourth-order valence-electron chi connectivity index (χ4n) is 4.20. The van der Waals surface area contributed by atoms with E-state index in [0.717, 1.165) is 38.3 Å². The molecular weight excluding hydrogens is 627 g/mol. The summed E-state index contributed by atoms with van der Waals surface area (Å²) in [6.07, 6.45) is -0.633. The largest absolute Gasteiger partial charge is 0.444 e. The topological polar surface area (TPSA) is 122 Å². The van der Waals surface area contributed by atoms with Gasteiger partial charge in [0.05, 0.1) is 5.69 Å². The van der Waals surface area contributed by atoms with Gasteiger partial charge in [0, 0.05) is 52.4 Å². The van der Waals surface area contributed by atoms with E-state index in [1.165, 1.54) is 11.0 Å². The minimum atomic E-state index is -1.44. The van der Waals surface area contributed by atoms with Crippen molar-refractivity contribution in [2.45, 2.75) is 52.7 Å². The van der Waals surface area contributed by atoms with Crippen molar-refractivity contribution in [3.63, 3.8) is 0 Å². The summed E-state index contributed by atoms with van der Waals surface area (Å²) in [5.74, 6) is -5.10. The van der Waals surface area contributed by atoms with Gasteiger partial charge in [-0.3, -0.25) is 0 Å². The van der Waals surface area contributed by atoms with Gasteiger partial charge in [0.15, 0.2) is 11.6 Å². The predicted octanol–water partition coefficient (Wildman–Crippen LogP) is 5.70.